The Morgan fingerprint density at radius 2 is 2.21 bits per heavy atom. The van der Waals surface area contributed by atoms with Crippen LogP contribution in [0.25, 0.3) is 0 Å². The van der Waals surface area contributed by atoms with Crippen LogP contribution in [0, 0.1) is 17.3 Å². The Hall–Kier alpha value is -1.43. The Labute approximate surface area is 116 Å². The van der Waals surface area contributed by atoms with E-state index in [4.69, 9.17) is 5.11 Å². The zero-order valence-electron chi connectivity index (χ0n) is 11.2. The highest BCUT2D eigenvalue weighted by molar-refractivity contribution is 7.09. The Bertz CT molecular complexity index is 484. The second-order valence-corrected chi connectivity index (χ2v) is 6.38. The summed E-state index contributed by atoms with van der Waals surface area (Å²) in [6.45, 7) is 5.61. The molecule has 1 unspecified atom stereocenters. The van der Waals surface area contributed by atoms with E-state index in [2.05, 4.69) is 10.3 Å². The number of aromatic nitrogens is 1. The second-order valence-electron chi connectivity index (χ2n) is 5.45. The molecule has 1 heterocycles. The molecule has 2 N–H and O–H groups in total. The molecule has 0 bridgehead atoms. The molecular formula is C13H18N2O3S. The van der Waals surface area contributed by atoms with Gasteiger partial charge in [0, 0.05) is 11.6 Å². The average Bonchev–Trinajstić information content (AvgIpc) is 2.74. The molecule has 0 spiro atoms. The van der Waals surface area contributed by atoms with Crippen LogP contribution >= 0.6 is 11.3 Å². The topological polar surface area (TPSA) is 79.3 Å². The third kappa shape index (κ3) is 2.49. The number of rotatable bonds is 5. The van der Waals surface area contributed by atoms with Gasteiger partial charge in [-0.15, -0.1) is 11.3 Å². The summed E-state index contributed by atoms with van der Waals surface area (Å²) < 4.78 is 0. The van der Waals surface area contributed by atoms with E-state index in [0.717, 1.165) is 11.4 Å². The number of hydrogen-bond acceptors (Lipinski definition) is 4. The van der Waals surface area contributed by atoms with E-state index in [1.165, 1.54) is 11.3 Å². The van der Waals surface area contributed by atoms with Gasteiger partial charge in [-0.05, 0) is 11.8 Å². The van der Waals surface area contributed by atoms with Gasteiger partial charge in [0.2, 0.25) is 5.91 Å². The molecule has 19 heavy (non-hydrogen) atoms. The Balaban J connectivity index is 2.04. The minimum absolute atomic E-state index is 0.127. The van der Waals surface area contributed by atoms with Crippen LogP contribution in [0.4, 0.5) is 0 Å². The Morgan fingerprint density at radius 1 is 1.53 bits per heavy atom. The Morgan fingerprint density at radius 3 is 2.63 bits per heavy atom. The normalized spacial score (nSPS) is 25.6. The average molecular weight is 282 g/mol. The molecule has 104 valence electrons. The fourth-order valence-electron chi connectivity index (χ4n) is 2.59. The van der Waals surface area contributed by atoms with Crippen molar-refractivity contribution < 1.29 is 14.7 Å². The van der Waals surface area contributed by atoms with Gasteiger partial charge in [-0.25, -0.2) is 4.98 Å². The zero-order chi connectivity index (χ0) is 14.2. The number of hydrogen-bond donors (Lipinski definition) is 2. The lowest BCUT2D eigenvalue weighted by molar-refractivity contribution is -0.140. The van der Waals surface area contributed by atoms with Crippen molar-refractivity contribution in [3.8, 4) is 0 Å². The minimum Gasteiger partial charge on any atom is -0.481 e. The van der Waals surface area contributed by atoms with Crippen LogP contribution in [0.5, 0.6) is 0 Å². The molecule has 1 saturated carbocycles. The van der Waals surface area contributed by atoms with E-state index in [-0.39, 0.29) is 11.9 Å². The van der Waals surface area contributed by atoms with Crippen molar-refractivity contribution in [1.29, 1.82) is 0 Å². The van der Waals surface area contributed by atoms with E-state index in [0.29, 0.717) is 0 Å². The fraction of sp³-hybridized carbons (Fsp3) is 0.615. The molecule has 3 atom stereocenters. The minimum atomic E-state index is -0.896. The zero-order valence-corrected chi connectivity index (χ0v) is 12.0. The van der Waals surface area contributed by atoms with Crippen LogP contribution in [0.3, 0.4) is 0 Å². The molecular weight excluding hydrogens is 264 g/mol. The molecule has 1 amide bonds. The van der Waals surface area contributed by atoms with E-state index in [1.54, 1.807) is 6.20 Å². The van der Waals surface area contributed by atoms with Gasteiger partial charge in [-0.2, -0.15) is 0 Å². The van der Waals surface area contributed by atoms with Gasteiger partial charge in [0.25, 0.3) is 0 Å². The van der Waals surface area contributed by atoms with E-state index in [9.17, 15) is 9.59 Å². The molecule has 2 rings (SSSR count). The molecule has 0 radical (unpaired) electrons. The first-order valence-corrected chi connectivity index (χ1v) is 7.20. The van der Waals surface area contributed by atoms with Gasteiger partial charge in [-0.3, -0.25) is 9.59 Å². The standard InChI is InChI=1S/C13H18N2O3S/c1-4-7(11-14-5-6-19-11)15-10(16)8-9(12(17)18)13(8,2)3/h5-9H,4H2,1-3H3,(H,15,16)(H,17,18)/t7?,8-,9+/m1/s1. The molecule has 0 aromatic carbocycles. The number of carboxylic acid groups (broad SMARTS) is 1. The van der Waals surface area contributed by atoms with E-state index < -0.39 is 23.2 Å². The number of carboxylic acids is 1. The predicted molar refractivity (Wildman–Crippen MR) is 71.7 cm³/mol. The number of nitrogens with zero attached hydrogens (tertiary/aromatic N) is 1. The van der Waals surface area contributed by atoms with Crippen molar-refractivity contribution in [1.82, 2.24) is 10.3 Å². The Kier molecular flexibility index (Phi) is 3.62. The lowest BCUT2D eigenvalue weighted by atomic mass is 10.1. The smallest absolute Gasteiger partial charge is 0.307 e. The van der Waals surface area contributed by atoms with Crippen molar-refractivity contribution in [3.05, 3.63) is 16.6 Å². The van der Waals surface area contributed by atoms with Gasteiger partial charge in [0.1, 0.15) is 5.01 Å². The first-order valence-electron chi connectivity index (χ1n) is 6.32. The first-order chi connectivity index (χ1) is 8.89. The number of amides is 1. The molecule has 1 aliphatic carbocycles. The largest absolute Gasteiger partial charge is 0.481 e. The SMILES string of the molecule is CCC(NC(=O)[C@H]1[C@@H](C(=O)O)C1(C)C)c1nccs1. The molecule has 1 aromatic heterocycles. The van der Waals surface area contributed by atoms with Crippen molar-refractivity contribution in [2.24, 2.45) is 17.3 Å². The van der Waals surface area contributed by atoms with Crippen LogP contribution in [0.2, 0.25) is 0 Å². The van der Waals surface area contributed by atoms with Gasteiger partial charge in [-0.1, -0.05) is 20.8 Å². The van der Waals surface area contributed by atoms with Crippen LogP contribution in [-0.4, -0.2) is 22.0 Å². The first kappa shape index (κ1) is 14.0. The summed E-state index contributed by atoms with van der Waals surface area (Å²) >= 11 is 1.49. The summed E-state index contributed by atoms with van der Waals surface area (Å²) in [7, 11) is 0. The van der Waals surface area contributed by atoms with Gasteiger partial charge < -0.3 is 10.4 Å². The van der Waals surface area contributed by atoms with Crippen molar-refractivity contribution in [2.75, 3.05) is 0 Å². The number of carbonyl (C=O) groups is 2. The maximum atomic E-state index is 12.2. The van der Waals surface area contributed by atoms with Crippen LogP contribution in [0.1, 0.15) is 38.2 Å². The highest BCUT2D eigenvalue weighted by Gasteiger charge is 2.66. The number of nitrogens with one attached hydrogen (secondary N) is 1. The van der Waals surface area contributed by atoms with Gasteiger partial charge in [0.15, 0.2) is 0 Å². The molecule has 0 aliphatic heterocycles. The molecule has 1 aliphatic rings. The van der Waals surface area contributed by atoms with Gasteiger partial charge >= 0.3 is 5.97 Å². The summed E-state index contributed by atoms with van der Waals surface area (Å²) in [5, 5.41) is 14.7. The van der Waals surface area contributed by atoms with Crippen molar-refractivity contribution >= 4 is 23.2 Å². The van der Waals surface area contributed by atoms with Gasteiger partial charge in [0.05, 0.1) is 17.9 Å². The molecule has 6 heteroatoms. The molecule has 1 fully saturated rings. The third-order valence-corrected chi connectivity index (χ3v) is 4.74. The summed E-state index contributed by atoms with van der Waals surface area (Å²) in [5.41, 5.74) is -0.461. The monoisotopic (exact) mass is 282 g/mol. The predicted octanol–water partition coefficient (Wildman–Crippen LogP) is 2.07. The number of thiazole rings is 1. The van der Waals surface area contributed by atoms with Crippen molar-refractivity contribution in [2.45, 2.75) is 33.2 Å². The van der Waals surface area contributed by atoms with Crippen molar-refractivity contribution in [3.63, 3.8) is 0 Å². The highest BCUT2D eigenvalue weighted by atomic mass is 32.1. The third-order valence-electron chi connectivity index (χ3n) is 3.85. The summed E-state index contributed by atoms with van der Waals surface area (Å²) in [6, 6.07) is -0.127. The number of carbonyl (C=O) groups excluding carboxylic acids is 1. The van der Waals surface area contributed by atoms with Crippen LogP contribution in [0.15, 0.2) is 11.6 Å². The quantitative estimate of drug-likeness (QED) is 0.866. The maximum Gasteiger partial charge on any atom is 0.307 e. The van der Waals surface area contributed by atoms with Crippen LogP contribution < -0.4 is 5.32 Å². The lowest BCUT2D eigenvalue weighted by Crippen LogP contribution is -2.31. The molecule has 5 nitrogen and oxygen atoms in total. The van der Waals surface area contributed by atoms with E-state index in [1.807, 2.05) is 26.2 Å². The highest BCUT2D eigenvalue weighted by Crippen LogP contribution is 2.58. The molecule has 0 saturated heterocycles. The number of aliphatic carboxylic acids is 1. The second kappa shape index (κ2) is 4.92. The maximum absolute atomic E-state index is 12.2. The van der Waals surface area contributed by atoms with E-state index >= 15 is 0 Å². The fourth-order valence-corrected chi connectivity index (χ4v) is 3.37. The molecule has 1 aromatic rings. The summed E-state index contributed by atoms with van der Waals surface area (Å²) in [6.07, 6.45) is 2.44. The lowest BCUT2D eigenvalue weighted by Gasteiger charge is -2.14. The van der Waals surface area contributed by atoms with Crippen LogP contribution in [-0.2, 0) is 9.59 Å². The summed E-state index contributed by atoms with van der Waals surface area (Å²) in [5.74, 6) is -2.10. The summed E-state index contributed by atoms with van der Waals surface area (Å²) in [4.78, 5) is 27.5.